The Morgan fingerprint density at radius 1 is 0.826 bits per heavy atom. The van der Waals surface area contributed by atoms with Gasteiger partial charge in [-0.3, -0.25) is 9.59 Å². The number of carbonyl (C=O) groups is 2. The molecule has 0 radical (unpaired) electrons. The van der Waals surface area contributed by atoms with Gasteiger partial charge in [-0.15, -0.1) is 0 Å². The van der Waals surface area contributed by atoms with Gasteiger partial charge in [-0.1, -0.05) is 41.4 Å². The molecule has 1 fully saturated rings. The maximum absolute atomic E-state index is 12.2. The molecule has 0 heterocycles. The van der Waals surface area contributed by atoms with Crippen molar-refractivity contribution < 1.29 is 9.59 Å². The SMILES string of the molecule is O=C(Nc1ccccc1)C1CC1C(=O)Nc1ccc(Cl)c(Cl)c1. The zero-order valence-corrected chi connectivity index (χ0v) is 13.6. The monoisotopic (exact) mass is 348 g/mol. The van der Waals surface area contributed by atoms with Crippen LogP contribution in [0.5, 0.6) is 0 Å². The summed E-state index contributed by atoms with van der Waals surface area (Å²) in [5, 5.41) is 6.37. The molecule has 2 amide bonds. The van der Waals surface area contributed by atoms with Gasteiger partial charge >= 0.3 is 0 Å². The third kappa shape index (κ3) is 3.84. The molecule has 4 nitrogen and oxygen atoms in total. The van der Waals surface area contributed by atoms with Crippen molar-refractivity contribution >= 4 is 46.4 Å². The Morgan fingerprint density at radius 3 is 2.04 bits per heavy atom. The van der Waals surface area contributed by atoms with Crippen molar-refractivity contribution in [2.24, 2.45) is 11.8 Å². The van der Waals surface area contributed by atoms with Gasteiger partial charge in [-0.25, -0.2) is 0 Å². The predicted octanol–water partition coefficient (Wildman–Crippen LogP) is 4.21. The Hall–Kier alpha value is -2.04. The maximum Gasteiger partial charge on any atom is 0.228 e. The molecule has 118 valence electrons. The zero-order valence-electron chi connectivity index (χ0n) is 12.1. The van der Waals surface area contributed by atoms with E-state index in [2.05, 4.69) is 10.6 Å². The molecule has 1 aliphatic carbocycles. The summed E-state index contributed by atoms with van der Waals surface area (Å²) in [6.07, 6.45) is 0.547. The molecule has 0 saturated heterocycles. The van der Waals surface area contributed by atoms with Gasteiger partial charge in [0.2, 0.25) is 11.8 Å². The van der Waals surface area contributed by atoms with Crippen LogP contribution in [0.1, 0.15) is 6.42 Å². The molecule has 0 aromatic heterocycles. The Morgan fingerprint density at radius 2 is 1.43 bits per heavy atom. The standard InChI is InChI=1S/C17H14Cl2N2O2/c18-14-7-6-11(8-15(14)19)21-17(23)13-9-12(13)16(22)20-10-4-2-1-3-5-10/h1-8,12-13H,9H2,(H,20,22)(H,21,23). The summed E-state index contributed by atoms with van der Waals surface area (Å²) in [4.78, 5) is 24.3. The largest absolute Gasteiger partial charge is 0.326 e. The summed E-state index contributed by atoms with van der Waals surface area (Å²) in [6.45, 7) is 0. The van der Waals surface area contributed by atoms with Crippen LogP contribution in [0.3, 0.4) is 0 Å². The average molecular weight is 349 g/mol. The van der Waals surface area contributed by atoms with Crippen LogP contribution >= 0.6 is 23.2 Å². The molecule has 2 aromatic carbocycles. The minimum absolute atomic E-state index is 0.134. The van der Waals surface area contributed by atoms with Crippen LogP contribution in [-0.4, -0.2) is 11.8 Å². The van der Waals surface area contributed by atoms with Crippen molar-refractivity contribution in [2.75, 3.05) is 10.6 Å². The zero-order chi connectivity index (χ0) is 16.4. The Kier molecular flexibility index (Phi) is 4.55. The van der Waals surface area contributed by atoms with E-state index >= 15 is 0 Å². The first-order valence-electron chi connectivity index (χ1n) is 7.16. The van der Waals surface area contributed by atoms with Gasteiger partial charge in [0.05, 0.1) is 21.9 Å². The fourth-order valence-electron chi connectivity index (χ4n) is 2.34. The summed E-state index contributed by atoms with van der Waals surface area (Å²) < 4.78 is 0. The second kappa shape index (κ2) is 6.60. The molecule has 3 rings (SSSR count). The number of amides is 2. The van der Waals surface area contributed by atoms with E-state index in [9.17, 15) is 9.59 Å². The number of carbonyl (C=O) groups excluding carboxylic acids is 2. The van der Waals surface area contributed by atoms with Crippen LogP contribution in [0.4, 0.5) is 11.4 Å². The number of para-hydroxylation sites is 1. The van der Waals surface area contributed by atoms with Crippen molar-refractivity contribution in [3.05, 3.63) is 58.6 Å². The third-order valence-corrected chi connectivity index (χ3v) is 4.43. The van der Waals surface area contributed by atoms with Gasteiger partial charge < -0.3 is 10.6 Å². The summed E-state index contributed by atoms with van der Waals surface area (Å²) in [5.41, 5.74) is 1.30. The lowest BCUT2D eigenvalue weighted by molar-refractivity contribution is -0.122. The quantitative estimate of drug-likeness (QED) is 0.869. The van der Waals surface area contributed by atoms with Crippen LogP contribution in [0.15, 0.2) is 48.5 Å². The van der Waals surface area contributed by atoms with Gasteiger partial charge in [0.1, 0.15) is 0 Å². The average Bonchev–Trinajstić information content (AvgIpc) is 3.33. The normalized spacial score (nSPS) is 19.0. The van der Waals surface area contributed by atoms with E-state index < -0.39 is 0 Å². The molecule has 1 aliphatic rings. The molecule has 23 heavy (non-hydrogen) atoms. The van der Waals surface area contributed by atoms with Crippen molar-refractivity contribution in [1.29, 1.82) is 0 Å². The molecule has 2 unspecified atom stereocenters. The second-order valence-electron chi connectivity index (χ2n) is 5.42. The highest BCUT2D eigenvalue weighted by Gasteiger charge is 2.48. The fourth-order valence-corrected chi connectivity index (χ4v) is 2.64. The number of hydrogen-bond donors (Lipinski definition) is 2. The molecule has 6 heteroatoms. The molecular weight excluding hydrogens is 335 g/mol. The molecule has 2 N–H and O–H groups in total. The van der Waals surface area contributed by atoms with E-state index in [-0.39, 0.29) is 23.7 Å². The third-order valence-electron chi connectivity index (χ3n) is 3.69. The number of rotatable bonds is 4. The molecule has 0 bridgehead atoms. The van der Waals surface area contributed by atoms with Crippen LogP contribution in [0.2, 0.25) is 10.0 Å². The minimum Gasteiger partial charge on any atom is -0.326 e. The number of anilines is 2. The topological polar surface area (TPSA) is 58.2 Å². The van der Waals surface area contributed by atoms with E-state index in [4.69, 9.17) is 23.2 Å². The van der Waals surface area contributed by atoms with Gasteiger partial charge in [-0.05, 0) is 36.8 Å². The number of hydrogen-bond acceptors (Lipinski definition) is 2. The van der Waals surface area contributed by atoms with Crippen LogP contribution < -0.4 is 10.6 Å². The Balaban J connectivity index is 1.56. The van der Waals surface area contributed by atoms with Gasteiger partial charge in [0, 0.05) is 11.4 Å². The number of halogens is 2. The highest BCUT2D eigenvalue weighted by Crippen LogP contribution is 2.40. The van der Waals surface area contributed by atoms with Gasteiger partial charge in [0.25, 0.3) is 0 Å². The first-order valence-corrected chi connectivity index (χ1v) is 7.92. The minimum atomic E-state index is -0.312. The molecule has 2 aromatic rings. The van der Waals surface area contributed by atoms with Crippen molar-refractivity contribution in [1.82, 2.24) is 0 Å². The second-order valence-corrected chi connectivity index (χ2v) is 6.24. The summed E-state index contributed by atoms with van der Waals surface area (Å²) in [7, 11) is 0. The van der Waals surface area contributed by atoms with Gasteiger partial charge in [0.15, 0.2) is 0 Å². The lowest BCUT2D eigenvalue weighted by Crippen LogP contribution is -2.20. The first kappa shape index (κ1) is 15.8. The lowest BCUT2D eigenvalue weighted by Gasteiger charge is -2.07. The lowest BCUT2D eigenvalue weighted by atomic mass is 10.2. The van der Waals surface area contributed by atoms with Crippen molar-refractivity contribution in [3.63, 3.8) is 0 Å². The van der Waals surface area contributed by atoms with E-state index in [1.165, 1.54) is 0 Å². The highest BCUT2D eigenvalue weighted by atomic mass is 35.5. The smallest absolute Gasteiger partial charge is 0.228 e. The van der Waals surface area contributed by atoms with E-state index in [0.29, 0.717) is 22.2 Å². The van der Waals surface area contributed by atoms with E-state index in [1.54, 1.807) is 18.2 Å². The van der Waals surface area contributed by atoms with E-state index in [1.807, 2.05) is 30.3 Å². The van der Waals surface area contributed by atoms with Gasteiger partial charge in [-0.2, -0.15) is 0 Å². The molecule has 2 atom stereocenters. The number of nitrogens with one attached hydrogen (secondary N) is 2. The highest BCUT2D eigenvalue weighted by molar-refractivity contribution is 6.42. The Labute approximate surface area is 143 Å². The van der Waals surface area contributed by atoms with Crippen LogP contribution in [-0.2, 0) is 9.59 Å². The number of benzene rings is 2. The molecular formula is C17H14Cl2N2O2. The molecule has 0 aliphatic heterocycles. The van der Waals surface area contributed by atoms with E-state index in [0.717, 1.165) is 5.69 Å². The summed E-state index contributed by atoms with van der Waals surface area (Å²) in [5.74, 6) is -0.923. The van der Waals surface area contributed by atoms with Crippen LogP contribution in [0.25, 0.3) is 0 Å². The molecule has 0 spiro atoms. The summed E-state index contributed by atoms with van der Waals surface area (Å²) >= 11 is 11.8. The van der Waals surface area contributed by atoms with Crippen LogP contribution in [0, 0.1) is 11.8 Å². The fraction of sp³-hybridized carbons (Fsp3) is 0.176. The predicted molar refractivity (Wildman–Crippen MR) is 91.8 cm³/mol. The first-order chi connectivity index (χ1) is 11.0. The summed E-state index contributed by atoms with van der Waals surface area (Å²) in [6, 6.07) is 14.1. The van der Waals surface area contributed by atoms with Crippen molar-refractivity contribution in [3.8, 4) is 0 Å². The maximum atomic E-state index is 12.2. The Bertz CT molecular complexity index is 750. The molecule has 1 saturated carbocycles. The van der Waals surface area contributed by atoms with Crippen molar-refractivity contribution in [2.45, 2.75) is 6.42 Å².